The molecule has 1 aromatic heterocycles. The highest BCUT2D eigenvalue weighted by Gasteiger charge is 2.08. The minimum atomic E-state index is 0.745. The second-order valence-electron chi connectivity index (χ2n) is 6.89. The Morgan fingerprint density at radius 1 is 0.966 bits per heavy atom. The van der Waals surface area contributed by atoms with Gasteiger partial charge in [-0.3, -0.25) is 4.99 Å². The highest BCUT2D eigenvalue weighted by molar-refractivity contribution is 5.84. The highest BCUT2D eigenvalue weighted by Crippen LogP contribution is 2.27. The van der Waals surface area contributed by atoms with Crippen LogP contribution in [0, 0.1) is 6.92 Å². The van der Waals surface area contributed by atoms with E-state index in [0.717, 1.165) is 43.4 Å². The van der Waals surface area contributed by atoms with Crippen molar-refractivity contribution in [1.82, 2.24) is 15.6 Å². The van der Waals surface area contributed by atoms with E-state index in [9.17, 15) is 0 Å². The number of guanidine groups is 1. The zero-order chi connectivity index (χ0) is 20.6. The van der Waals surface area contributed by atoms with E-state index in [2.05, 4.69) is 57.9 Å². The molecule has 0 spiro atoms. The number of nitrogens with zero attached hydrogens (tertiary/aromatic N) is 1. The predicted octanol–water partition coefficient (Wildman–Crippen LogP) is 3.44. The minimum Gasteiger partial charge on any atom is -0.493 e. The van der Waals surface area contributed by atoms with E-state index in [1.54, 1.807) is 21.3 Å². The Hall–Kier alpha value is -3.15. The van der Waals surface area contributed by atoms with E-state index in [1.807, 2.05) is 12.1 Å². The van der Waals surface area contributed by atoms with Crippen molar-refractivity contribution in [3.63, 3.8) is 0 Å². The minimum absolute atomic E-state index is 0.745. The molecule has 3 N–H and O–H groups in total. The van der Waals surface area contributed by atoms with Gasteiger partial charge in [0.15, 0.2) is 17.5 Å². The molecule has 0 aliphatic rings. The van der Waals surface area contributed by atoms with E-state index in [1.165, 1.54) is 27.7 Å². The van der Waals surface area contributed by atoms with Gasteiger partial charge in [-0.25, -0.2) is 0 Å². The van der Waals surface area contributed by atoms with Crippen molar-refractivity contribution in [2.75, 3.05) is 34.4 Å². The average molecular weight is 395 g/mol. The Morgan fingerprint density at radius 2 is 1.69 bits per heavy atom. The van der Waals surface area contributed by atoms with Gasteiger partial charge in [0.2, 0.25) is 0 Å². The summed E-state index contributed by atoms with van der Waals surface area (Å²) in [6.07, 6.45) is 1.80. The van der Waals surface area contributed by atoms with Crippen LogP contribution in [0.3, 0.4) is 0 Å². The van der Waals surface area contributed by atoms with E-state index in [4.69, 9.17) is 9.47 Å². The third-order valence-electron chi connectivity index (χ3n) is 5.07. The van der Waals surface area contributed by atoms with Crippen molar-refractivity contribution in [1.29, 1.82) is 0 Å². The molecular weight excluding hydrogens is 364 g/mol. The molecule has 0 saturated heterocycles. The Morgan fingerprint density at radius 3 is 2.41 bits per heavy atom. The lowest BCUT2D eigenvalue weighted by atomic mass is 10.1. The lowest BCUT2D eigenvalue weighted by Crippen LogP contribution is -2.39. The molecule has 29 heavy (non-hydrogen) atoms. The third-order valence-corrected chi connectivity index (χ3v) is 5.07. The van der Waals surface area contributed by atoms with E-state index in [0.29, 0.717) is 0 Å². The van der Waals surface area contributed by atoms with Crippen LogP contribution in [-0.4, -0.2) is 45.3 Å². The van der Waals surface area contributed by atoms with Gasteiger partial charge in [0.25, 0.3) is 0 Å². The molecule has 0 aliphatic carbocycles. The van der Waals surface area contributed by atoms with Crippen LogP contribution in [0.1, 0.15) is 16.8 Å². The van der Waals surface area contributed by atoms with Gasteiger partial charge in [-0.2, -0.15) is 0 Å². The van der Waals surface area contributed by atoms with E-state index >= 15 is 0 Å². The number of aliphatic imine (C=N–C) groups is 1. The molecule has 0 bridgehead atoms. The Bertz CT molecular complexity index is 978. The van der Waals surface area contributed by atoms with Crippen LogP contribution in [0.25, 0.3) is 10.9 Å². The fourth-order valence-electron chi connectivity index (χ4n) is 3.54. The van der Waals surface area contributed by atoms with Crippen LogP contribution in [0.2, 0.25) is 0 Å². The van der Waals surface area contributed by atoms with Crippen LogP contribution in [0.4, 0.5) is 0 Å². The first-order chi connectivity index (χ1) is 14.2. The van der Waals surface area contributed by atoms with Gasteiger partial charge in [0.05, 0.1) is 14.2 Å². The molecule has 1 heterocycles. The molecule has 2 aromatic carbocycles. The number of nitrogens with one attached hydrogen (secondary N) is 3. The number of hydrogen-bond donors (Lipinski definition) is 3. The first-order valence-electron chi connectivity index (χ1n) is 9.88. The monoisotopic (exact) mass is 394 g/mol. The number of methoxy groups -OCH3 is 2. The van der Waals surface area contributed by atoms with Crippen molar-refractivity contribution < 1.29 is 9.47 Å². The third kappa shape index (κ3) is 5.02. The SMILES string of the molecule is CN=C(NCCc1ccc(OC)c(OC)c1)NCCc1c(C)[nH]c2ccccc12. The van der Waals surface area contributed by atoms with E-state index in [-0.39, 0.29) is 0 Å². The maximum absolute atomic E-state index is 5.37. The maximum Gasteiger partial charge on any atom is 0.190 e. The lowest BCUT2D eigenvalue weighted by molar-refractivity contribution is 0.354. The standard InChI is InChI=1S/C23H30N4O2/c1-16-18(19-7-5-6-8-20(19)27-16)12-14-26-23(24-2)25-13-11-17-9-10-21(28-3)22(15-17)29-4/h5-10,15,27H,11-14H2,1-4H3,(H2,24,25,26). The smallest absolute Gasteiger partial charge is 0.190 e. The molecule has 0 amide bonds. The fourth-order valence-corrected chi connectivity index (χ4v) is 3.54. The number of fused-ring (bicyclic) bond motifs is 1. The first-order valence-corrected chi connectivity index (χ1v) is 9.88. The summed E-state index contributed by atoms with van der Waals surface area (Å²) in [7, 11) is 5.09. The quantitative estimate of drug-likeness (QED) is 0.404. The lowest BCUT2D eigenvalue weighted by Gasteiger charge is -2.13. The number of aromatic amines is 1. The Balaban J connectivity index is 1.49. The van der Waals surface area contributed by atoms with Crippen LogP contribution in [-0.2, 0) is 12.8 Å². The molecule has 0 atom stereocenters. The number of hydrogen-bond acceptors (Lipinski definition) is 3. The summed E-state index contributed by atoms with van der Waals surface area (Å²) in [5.74, 6) is 2.30. The van der Waals surface area contributed by atoms with Gasteiger partial charge in [-0.1, -0.05) is 24.3 Å². The summed E-state index contributed by atoms with van der Waals surface area (Å²) in [4.78, 5) is 7.78. The van der Waals surface area contributed by atoms with Crippen molar-refractivity contribution >= 4 is 16.9 Å². The molecule has 0 aliphatic heterocycles. The highest BCUT2D eigenvalue weighted by atomic mass is 16.5. The van der Waals surface area contributed by atoms with Crippen LogP contribution in [0.15, 0.2) is 47.5 Å². The van der Waals surface area contributed by atoms with Crippen molar-refractivity contribution in [2.24, 2.45) is 4.99 Å². The van der Waals surface area contributed by atoms with Gasteiger partial charge in [-0.05, 0) is 49.1 Å². The number of aryl methyl sites for hydroxylation is 1. The molecule has 0 saturated carbocycles. The fraction of sp³-hybridized carbons (Fsp3) is 0.348. The van der Waals surface area contributed by atoms with Gasteiger partial charge in [0.1, 0.15) is 0 Å². The number of aromatic nitrogens is 1. The van der Waals surface area contributed by atoms with Crippen LogP contribution >= 0.6 is 0 Å². The molecule has 3 aromatic rings. The number of benzene rings is 2. The summed E-state index contributed by atoms with van der Waals surface area (Å²) in [5, 5.41) is 8.08. The van der Waals surface area contributed by atoms with Crippen molar-refractivity contribution in [3.05, 3.63) is 59.3 Å². The molecular formula is C23H30N4O2. The van der Waals surface area contributed by atoms with Gasteiger partial charge in [0, 0.05) is 36.7 Å². The zero-order valence-electron chi connectivity index (χ0n) is 17.6. The van der Waals surface area contributed by atoms with Gasteiger partial charge < -0.3 is 25.1 Å². The summed E-state index contributed by atoms with van der Waals surface area (Å²) < 4.78 is 10.7. The van der Waals surface area contributed by atoms with Crippen LogP contribution in [0.5, 0.6) is 11.5 Å². The summed E-state index contributed by atoms with van der Waals surface area (Å²) in [6.45, 7) is 3.73. The summed E-state index contributed by atoms with van der Waals surface area (Å²) >= 11 is 0. The van der Waals surface area contributed by atoms with Crippen molar-refractivity contribution in [3.8, 4) is 11.5 Å². The number of para-hydroxylation sites is 1. The predicted molar refractivity (Wildman–Crippen MR) is 119 cm³/mol. The van der Waals surface area contributed by atoms with Crippen molar-refractivity contribution in [2.45, 2.75) is 19.8 Å². The number of H-pyrrole nitrogens is 1. The van der Waals surface area contributed by atoms with Gasteiger partial charge in [-0.15, -0.1) is 0 Å². The topological polar surface area (TPSA) is 70.7 Å². The summed E-state index contributed by atoms with van der Waals surface area (Å²) in [6, 6.07) is 14.4. The second-order valence-corrected chi connectivity index (χ2v) is 6.89. The molecule has 0 radical (unpaired) electrons. The van der Waals surface area contributed by atoms with E-state index < -0.39 is 0 Å². The molecule has 154 valence electrons. The molecule has 0 fully saturated rings. The normalized spacial score (nSPS) is 11.5. The largest absolute Gasteiger partial charge is 0.493 e. The molecule has 3 rings (SSSR count). The van der Waals surface area contributed by atoms with Crippen LogP contribution < -0.4 is 20.1 Å². The summed E-state index contributed by atoms with van der Waals surface area (Å²) in [5.41, 5.74) is 4.95. The molecule has 0 unspecified atom stereocenters. The number of rotatable bonds is 8. The molecule has 6 heteroatoms. The van der Waals surface area contributed by atoms with Gasteiger partial charge >= 0.3 is 0 Å². The maximum atomic E-state index is 5.37. The molecule has 6 nitrogen and oxygen atoms in total. The Labute approximate surface area is 172 Å². The number of ether oxygens (including phenoxy) is 2. The average Bonchev–Trinajstić information content (AvgIpc) is 3.07. The second kappa shape index (κ2) is 9.87. The Kier molecular flexibility index (Phi) is 7.00. The zero-order valence-corrected chi connectivity index (χ0v) is 17.6. The first kappa shape index (κ1) is 20.6.